The van der Waals surface area contributed by atoms with Gasteiger partial charge < -0.3 is 0 Å². The average Bonchev–Trinajstić information content (AvgIpc) is 3.12. The van der Waals surface area contributed by atoms with E-state index in [1.54, 1.807) is 0 Å². The summed E-state index contributed by atoms with van der Waals surface area (Å²) < 4.78 is 4.90. The molecule has 1 rings (SSSR count). The molecule has 0 unspecified atom stereocenters. The van der Waals surface area contributed by atoms with Gasteiger partial charge in [0.2, 0.25) is 0 Å². The van der Waals surface area contributed by atoms with E-state index >= 15 is 0 Å². The maximum Gasteiger partial charge on any atom is 0.256 e. The van der Waals surface area contributed by atoms with E-state index in [0.717, 1.165) is 6.54 Å². The summed E-state index contributed by atoms with van der Waals surface area (Å²) in [5.74, 6) is 1.54. The lowest BCUT2D eigenvalue weighted by molar-refractivity contribution is -0.703. The largest absolute Gasteiger partial charge is 0.256 e. The molecule has 0 spiro atoms. The van der Waals surface area contributed by atoms with Crippen molar-refractivity contribution in [2.45, 2.75) is 156 Å². The lowest BCUT2D eigenvalue weighted by Gasteiger charge is -2.05. The van der Waals surface area contributed by atoms with Crippen LogP contribution < -0.4 is 4.57 Å². The molecule has 0 fully saturated rings. The molecule has 0 amide bonds. The third-order valence-corrected chi connectivity index (χ3v) is 6.40. The van der Waals surface area contributed by atoms with Crippen LogP contribution in [0, 0.1) is 0 Å². The third kappa shape index (κ3) is 13.2. The zero-order valence-electron chi connectivity index (χ0n) is 20.4. The molecule has 2 nitrogen and oxygen atoms in total. The van der Waals surface area contributed by atoms with Crippen LogP contribution in [0.1, 0.15) is 142 Å². The topological polar surface area (TPSA) is 8.81 Å². The van der Waals surface area contributed by atoms with Gasteiger partial charge in [-0.1, -0.05) is 117 Å². The highest BCUT2D eigenvalue weighted by Gasteiger charge is 2.14. The Morgan fingerprint density at radius 3 is 1.45 bits per heavy atom. The summed E-state index contributed by atoms with van der Waals surface area (Å²) >= 11 is 0. The number of nitrogens with zero attached hydrogens (tertiary/aromatic N) is 2. The molecule has 1 heterocycles. The molecule has 0 aliphatic rings. The average molecular weight is 406 g/mol. The smallest absolute Gasteiger partial charge is 0.235 e. The van der Waals surface area contributed by atoms with E-state index in [1.165, 1.54) is 134 Å². The van der Waals surface area contributed by atoms with Gasteiger partial charge in [0.25, 0.3) is 5.82 Å². The fourth-order valence-corrected chi connectivity index (χ4v) is 4.53. The maximum atomic E-state index is 2.47. The number of aromatic nitrogens is 2. The second-order valence-corrected chi connectivity index (χ2v) is 9.10. The van der Waals surface area contributed by atoms with Gasteiger partial charge in [0, 0.05) is 6.42 Å². The van der Waals surface area contributed by atoms with Crippen LogP contribution in [-0.4, -0.2) is 4.57 Å². The second kappa shape index (κ2) is 19.2. The second-order valence-electron chi connectivity index (χ2n) is 9.10. The number of hydrogen-bond donors (Lipinski definition) is 0. The van der Waals surface area contributed by atoms with Crippen LogP contribution in [-0.2, 0) is 19.5 Å². The van der Waals surface area contributed by atoms with Crippen LogP contribution in [0.15, 0.2) is 12.4 Å². The predicted molar refractivity (Wildman–Crippen MR) is 128 cm³/mol. The molecule has 0 saturated heterocycles. The molecule has 0 aliphatic heterocycles. The third-order valence-electron chi connectivity index (χ3n) is 6.40. The van der Waals surface area contributed by atoms with Crippen LogP contribution >= 0.6 is 0 Å². The van der Waals surface area contributed by atoms with E-state index in [-0.39, 0.29) is 0 Å². The van der Waals surface area contributed by atoms with Crippen molar-refractivity contribution in [3.05, 3.63) is 18.2 Å². The quantitative estimate of drug-likeness (QED) is 0.143. The van der Waals surface area contributed by atoms with Crippen LogP contribution in [0.4, 0.5) is 0 Å². The van der Waals surface area contributed by atoms with Gasteiger partial charge in [-0.15, -0.1) is 0 Å². The number of hydrogen-bond acceptors (Lipinski definition) is 0. The fourth-order valence-electron chi connectivity index (χ4n) is 4.53. The van der Waals surface area contributed by atoms with Crippen LogP contribution in [0.2, 0.25) is 0 Å². The first-order chi connectivity index (χ1) is 14.3. The Bertz CT molecular complexity index is 463. The van der Waals surface area contributed by atoms with E-state index in [1.807, 2.05) is 0 Å². The normalized spacial score (nSPS) is 11.4. The molecule has 0 N–H and O–H groups in total. The Hall–Kier alpha value is -0.790. The number of aryl methyl sites for hydroxylation is 2. The summed E-state index contributed by atoms with van der Waals surface area (Å²) in [6, 6.07) is 0. The summed E-state index contributed by atoms with van der Waals surface area (Å²) in [4.78, 5) is 0. The van der Waals surface area contributed by atoms with Crippen molar-refractivity contribution < 1.29 is 4.57 Å². The summed E-state index contributed by atoms with van der Waals surface area (Å²) in [6.07, 6.45) is 31.6. The van der Waals surface area contributed by atoms with E-state index < -0.39 is 0 Å². The molecule has 0 aromatic carbocycles. The maximum absolute atomic E-state index is 2.47. The summed E-state index contributed by atoms with van der Waals surface area (Å²) in [7, 11) is 0. The minimum Gasteiger partial charge on any atom is -0.235 e. The highest BCUT2D eigenvalue weighted by molar-refractivity contribution is 4.83. The molecule has 29 heavy (non-hydrogen) atoms. The fraction of sp³-hybridized carbons (Fsp3) is 0.889. The Kier molecular flexibility index (Phi) is 17.4. The lowest BCUT2D eigenvalue weighted by Crippen LogP contribution is -2.37. The van der Waals surface area contributed by atoms with Gasteiger partial charge in [0.15, 0.2) is 0 Å². The van der Waals surface area contributed by atoms with Gasteiger partial charge in [0.05, 0.1) is 13.1 Å². The van der Waals surface area contributed by atoms with Crippen molar-refractivity contribution in [3.63, 3.8) is 0 Å². The first kappa shape index (κ1) is 26.2. The summed E-state index contributed by atoms with van der Waals surface area (Å²) in [6.45, 7) is 9.10. The number of imidazole rings is 1. The molecule has 0 saturated carbocycles. The van der Waals surface area contributed by atoms with Crippen molar-refractivity contribution in [1.82, 2.24) is 4.57 Å². The standard InChI is InChI=1S/C27H53N2/c1-4-7-8-9-10-11-12-13-14-15-16-17-18-19-20-21-22-23-27-28(6-3)25-26-29(27)24-5-2/h25-26H,4-24H2,1-3H3/q+1. The van der Waals surface area contributed by atoms with Crippen molar-refractivity contribution >= 4 is 0 Å². The molecule has 0 atom stereocenters. The van der Waals surface area contributed by atoms with E-state index in [4.69, 9.17) is 0 Å². The van der Waals surface area contributed by atoms with Crippen LogP contribution in [0.3, 0.4) is 0 Å². The zero-order valence-corrected chi connectivity index (χ0v) is 20.4. The first-order valence-corrected chi connectivity index (χ1v) is 13.4. The Morgan fingerprint density at radius 2 is 1.03 bits per heavy atom. The highest BCUT2D eigenvalue weighted by Crippen LogP contribution is 2.14. The Labute approximate surface area is 183 Å². The van der Waals surface area contributed by atoms with E-state index in [2.05, 4.69) is 42.3 Å². The zero-order chi connectivity index (χ0) is 21.0. The minimum atomic E-state index is 1.10. The molecule has 0 aliphatic carbocycles. The first-order valence-electron chi connectivity index (χ1n) is 13.4. The molecular formula is C27H53N2+. The Balaban J connectivity index is 1.87. The van der Waals surface area contributed by atoms with Crippen LogP contribution in [0.5, 0.6) is 0 Å². The molecule has 2 heteroatoms. The summed E-state index contributed by atoms with van der Waals surface area (Å²) in [5, 5.41) is 0. The van der Waals surface area contributed by atoms with Crippen molar-refractivity contribution in [2.24, 2.45) is 0 Å². The number of unbranched alkanes of at least 4 members (excludes halogenated alkanes) is 16. The Morgan fingerprint density at radius 1 is 0.586 bits per heavy atom. The molecule has 1 aromatic rings. The molecular weight excluding hydrogens is 352 g/mol. The molecule has 170 valence electrons. The van der Waals surface area contributed by atoms with E-state index in [9.17, 15) is 0 Å². The van der Waals surface area contributed by atoms with Gasteiger partial charge in [-0.2, -0.15) is 0 Å². The SMILES string of the molecule is CCCCCCCCCCCCCCCCCCCc1n(CC)cc[n+]1CCC. The molecule has 0 radical (unpaired) electrons. The molecule has 0 bridgehead atoms. The molecule has 1 aromatic heterocycles. The number of rotatable bonds is 21. The van der Waals surface area contributed by atoms with Crippen molar-refractivity contribution in [3.8, 4) is 0 Å². The van der Waals surface area contributed by atoms with Gasteiger partial charge in [-0.3, -0.25) is 0 Å². The van der Waals surface area contributed by atoms with E-state index in [0.29, 0.717) is 0 Å². The van der Waals surface area contributed by atoms with Crippen molar-refractivity contribution in [1.29, 1.82) is 0 Å². The van der Waals surface area contributed by atoms with Gasteiger partial charge in [0.1, 0.15) is 12.4 Å². The lowest BCUT2D eigenvalue weighted by atomic mass is 10.0. The summed E-state index contributed by atoms with van der Waals surface area (Å²) in [5.41, 5.74) is 0. The minimum absolute atomic E-state index is 1.10. The van der Waals surface area contributed by atoms with Gasteiger partial charge in [-0.25, -0.2) is 9.13 Å². The van der Waals surface area contributed by atoms with Crippen molar-refractivity contribution in [2.75, 3.05) is 0 Å². The van der Waals surface area contributed by atoms with Gasteiger partial charge >= 0.3 is 0 Å². The van der Waals surface area contributed by atoms with Crippen LogP contribution in [0.25, 0.3) is 0 Å². The van der Waals surface area contributed by atoms with Gasteiger partial charge in [-0.05, 0) is 19.8 Å². The monoisotopic (exact) mass is 405 g/mol. The predicted octanol–water partition coefficient (Wildman–Crippen LogP) is 8.40. The highest BCUT2D eigenvalue weighted by atomic mass is 15.1.